The molecule has 7 aromatic carbocycles. The molecule has 286 valence electrons. The third-order valence-corrected chi connectivity index (χ3v) is 10.8. The second kappa shape index (κ2) is 15.4. The van der Waals surface area contributed by atoms with Crippen LogP contribution in [-0.4, -0.2) is 39.5 Å². The lowest BCUT2D eigenvalue weighted by atomic mass is 10.0. The molecule has 0 aliphatic rings. The minimum absolute atomic E-state index is 0.580. The zero-order chi connectivity index (χ0) is 40.5. The molecular weight excluding hydrogens is 749 g/mol. The third kappa shape index (κ3) is 6.78. The van der Waals surface area contributed by atoms with Crippen molar-refractivity contribution in [3.05, 3.63) is 207 Å². The van der Waals surface area contributed by atoms with E-state index in [9.17, 15) is 0 Å². The van der Waals surface area contributed by atoms with Gasteiger partial charge >= 0.3 is 0 Å². The average Bonchev–Trinajstić information content (AvgIpc) is 3.68. The van der Waals surface area contributed by atoms with Crippen molar-refractivity contribution in [2.45, 2.75) is 0 Å². The Bertz CT molecular complexity index is 3220. The average molecular weight is 783 g/mol. The summed E-state index contributed by atoms with van der Waals surface area (Å²) in [4.78, 5) is 34.5. The first-order valence-electron chi connectivity index (χ1n) is 20.1. The number of nitrogens with zero attached hydrogens (tertiary/aromatic N) is 8. The summed E-state index contributed by atoms with van der Waals surface area (Å²) >= 11 is 0. The zero-order valence-electron chi connectivity index (χ0n) is 32.7. The fourth-order valence-corrected chi connectivity index (χ4v) is 7.88. The molecule has 0 unspecified atom stereocenters. The molecule has 0 aliphatic carbocycles. The van der Waals surface area contributed by atoms with Gasteiger partial charge in [0.05, 0.1) is 16.7 Å². The summed E-state index contributed by atoms with van der Waals surface area (Å²) in [5, 5.41) is 2.17. The molecule has 11 rings (SSSR count). The second-order valence-corrected chi connectivity index (χ2v) is 14.6. The van der Waals surface area contributed by atoms with Gasteiger partial charge in [0.2, 0.25) is 0 Å². The molecule has 0 aliphatic heterocycles. The maximum absolute atomic E-state index is 5.09. The molecule has 8 heteroatoms. The SMILES string of the molecule is c1ccc(-c2nc(-c3ccccc3)nc(-c3ccc(-c4ccncc4)c(-n4c5ccccc5c5cc(-c6nc(-c7ccccc7)nc(-c7ccccc7)n6)ccc54)c3)n2)cc1. The first-order chi connectivity index (χ1) is 30.2. The lowest BCUT2D eigenvalue weighted by molar-refractivity contribution is 1.07. The summed E-state index contributed by atoms with van der Waals surface area (Å²) in [6.45, 7) is 0. The number of para-hydroxylation sites is 1. The van der Waals surface area contributed by atoms with Crippen molar-refractivity contribution in [3.8, 4) is 85.1 Å². The van der Waals surface area contributed by atoms with E-state index in [-0.39, 0.29) is 0 Å². The van der Waals surface area contributed by atoms with E-state index in [0.29, 0.717) is 34.9 Å². The van der Waals surface area contributed by atoms with Gasteiger partial charge in [0.1, 0.15) is 0 Å². The molecule has 0 bridgehead atoms. The highest BCUT2D eigenvalue weighted by Gasteiger charge is 2.20. The van der Waals surface area contributed by atoms with Crippen LogP contribution in [-0.2, 0) is 0 Å². The number of rotatable bonds is 8. The number of pyridine rings is 1. The molecule has 8 nitrogen and oxygen atoms in total. The van der Waals surface area contributed by atoms with E-state index >= 15 is 0 Å². The van der Waals surface area contributed by atoms with E-state index < -0.39 is 0 Å². The zero-order valence-corrected chi connectivity index (χ0v) is 32.7. The van der Waals surface area contributed by atoms with E-state index in [1.165, 1.54) is 0 Å². The van der Waals surface area contributed by atoms with Gasteiger partial charge in [-0.25, -0.2) is 29.9 Å². The van der Waals surface area contributed by atoms with Gasteiger partial charge in [-0.3, -0.25) is 4.98 Å². The Hall–Kier alpha value is -8.49. The standard InChI is InChI=1S/C53H34N8/c1-5-15-36(16-6-1)48-55-49(37-17-7-2-8-18-37)58-52(57-48)40-26-28-46-44(33-40)43-23-13-14-24-45(43)61(46)47-34-41(25-27-42(47)35-29-31-54-32-30-35)53-59-50(38-19-9-3-10-20-38)56-51(60-53)39-21-11-4-12-22-39/h1-34H. The highest BCUT2D eigenvalue weighted by molar-refractivity contribution is 6.11. The van der Waals surface area contributed by atoms with E-state index in [1.54, 1.807) is 0 Å². The van der Waals surface area contributed by atoms with Gasteiger partial charge in [-0.15, -0.1) is 0 Å². The smallest absolute Gasteiger partial charge is 0.164 e. The van der Waals surface area contributed by atoms with Crippen LogP contribution >= 0.6 is 0 Å². The molecule has 4 aromatic heterocycles. The first kappa shape index (κ1) is 35.7. The Morgan fingerprint density at radius 3 is 1.16 bits per heavy atom. The van der Waals surface area contributed by atoms with Crippen molar-refractivity contribution in [3.63, 3.8) is 0 Å². The fourth-order valence-electron chi connectivity index (χ4n) is 7.88. The maximum atomic E-state index is 5.09. The summed E-state index contributed by atoms with van der Waals surface area (Å²) < 4.78 is 2.34. The number of aromatic nitrogens is 8. The summed E-state index contributed by atoms with van der Waals surface area (Å²) in [5.41, 5.74) is 10.6. The predicted molar refractivity (Wildman–Crippen MR) is 243 cm³/mol. The maximum Gasteiger partial charge on any atom is 0.164 e. The van der Waals surface area contributed by atoms with Gasteiger partial charge in [-0.2, -0.15) is 0 Å². The van der Waals surface area contributed by atoms with Gasteiger partial charge in [0, 0.05) is 62.1 Å². The van der Waals surface area contributed by atoms with Crippen molar-refractivity contribution in [2.24, 2.45) is 0 Å². The topological polar surface area (TPSA) is 95.2 Å². The van der Waals surface area contributed by atoms with Crippen LogP contribution in [0.3, 0.4) is 0 Å². The van der Waals surface area contributed by atoms with Gasteiger partial charge in [-0.1, -0.05) is 152 Å². The second-order valence-electron chi connectivity index (χ2n) is 14.6. The Balaban J connectivity index is 1.12. The summed E-state index contributed by atoms with van der Waals surface area (Å²) in [7, 11) is 0. The molecule has 0 saturated carbocycles. The summed E-state index contributed by atoms with van der Waals surface area (Å²) in [5.74, 6) is 3.64. The predicted octanol–water partition coefficient (Wildman–Crippen LogP) is 12.2. The van der Waals surface area contributed by atoms with Crippen LogP contribution in [0.4, 0.5) is 0 Å². The van der Waals surface area contributed by atoms with Crippen LogP contribution in [0.15, 0.2) is 207 Å². The quantitative estimate of drug-likeness (QED) is 0.151. The van der Waals surface area contributed by atoms with Gasteiger partial charge < -0.3 is 4.57 Å². The fraction of sp³-hybridized carbons (Fsp3) is 0. The molecule has 11 aromatic rings. The van der Waals surface area contributed by atoms with Crippen molar-refractivity contribution in [1.82, 2.24) is 39.5 Å². The van der Waals surface area contributed by atoms with Crippen LogP contribution in [0.5, 0.6) is 0 Å². The summed E-state index contributed by atoms with van der Waals surface area (Å²) in [6.07, 6.45) is 3.66. The van der Waals surface area contributed by atoms with Crippen molar-refractivity contribution < 1.29 is 0 Å². The van der Waals surface area contributed by atoms with E-state index in [1.807, 2.05) is 146 Å². The van der Waals surface area contributed by atoms with Gasteiger partial charge in [-0.05, 0) is 48.0 Å². The van der Waals surface area contributed by atoms with E-state index in [0.717, 1.165) is 72.0 Å². The van der Waals surface area contributed by atoms with Gasteiger partial charge in [0.25, 0.3) is 0 Å². The van der Waals surface area contributed by atoms with Crippen LogP contribution in [0.25, 0.3) is 107 Å². The lowest BCUT2D eigenvalue weighted by Crippen LogP contribution is -2.02. The number of benzene rings is 7. The molecular formula is C53H34N8. The van der Waals surface area contributed by atoms with Crippen molar-refractivity contribution >= 4 is 21.8 Å². The van der Waals surface area contributed by atoms with Crippen LogP contribution in [0, 0.1) is 0 Å². The van der Waals surface area contributed by atoms with Crippen molar-refractivity contribution in [1.29, 1.82) is 0 Å². The van der Waals surface area contributed by atoms with Crippen LogP contribution < -0.4 is 0 Å². The molecule has 0 N–H and O–H groups in total. The minimum Gasteiger partial charge on any atom is -0.309 e. The first-order valence-corrected chi connectivity index (χ1v) is 20.1. The minimum atomic E-state index is 0.580. The molecule has 0 amide bonds. The Morgan fingerprint density at radius 1 is 0.279 bits per heavy atom. The van der Waals surface area contributed by atoms with E-state index in [4.69, 9.17) is 29.9 Å². The van der Waals surface area contributed by atoms with Gasteiger partial charge in [0.15, 0.2) is 34.9 Å². The molecule has 0 atom stereocenters. The molecule has 0 radical (unpaired) electrons. The lowest BCUT2D eigenvalue weighted by Gasteiger charge is -2.16. The number of fused-ring (bicyclic) bond motifs is 3. The Kier molecular flexibility index (Phi) is 8.98. The molecule has 4 heterocycles. The summed E-state index contributed by atoms with van der Waals surface area (Å²) in [6, 6.07) is 65.8. The molecule has 0 spiro atoms. The van der Waals surface area contributed by atoms with E-state index in [2.05, 4.69) is 70.2 Å². The van der Waals surface area contributed by atoms with Crippen molar-refractivity contribution in [2.75, 3.05) is 0 Å². The van der Waals surface area contributed by atoms with Crippen LogP contribution in [0.1, 0.15) is 0 Å². The number of hydrogen-bond donors (Lipinski definition) is 0. The molecule has 61 heavy (non-hydrogen) atoms. The Labute approximate surface area is 351 Å². The van der Waals surface area contributed by atoms with Crippen LogP contribution in [0.2, 0.25) is 0 Å². The largest absolute Gasteiger partial charge is 0.309 e. The number of hydrogen-bond acceptors (Lipinski definition) is 7. The third-order valence-electron chi connectivity index (χ3n) is 10.8. The normalized spacial score (nSPS) is 11.3. The highest BCUT2D eigenvalue weighted by Crippen LogP contribution is 2.39. The highest BCUT2D eigenvalue weighted by atomic mass is 15.0. The Morgan fingerprint density at radius 2 is 0.672 bits per heavy atom. The monoisotopic (exact) mass is 782 g/mol. The molecule has 0 fully saturated rings. The molecule has 0 saturated heterocycles.